The second-order valence-corrected chi connectivity index (χ2v) is 13.7. The molecule has 3 heteroatoms. The van der Waals surface area contributed by atoms with Gasteiger partial charge in [-0.2, -0.15) is 0 Å². The SMILES string of the molecule is CCCCCCCCCCCCCCCCCCC1=[N+](CCCCCCCCCCCCCCCCCC)CCN1.[Cl-]. The van der Waals surface area contributed by atoms with Gasteiger partial charge < -0.3 is 12.4 Å². The van der Waals surface area contributed by atoms with Gasteiger partial charge in [0, 0.05) is 6.42 Å². The first-order valence-electron chi connectivity index (χ1n) is 19.7. The highest BCUT2D eigenvalue weighted by atomic mass is 35.5. The Morgan fingerprint density at radius 1 is 0.405 bits per heavy atom. The molecule has 0 saturated heterocycles. The second-order valence-electron chi connectivity index (χ2n) is 13.7. The number of rotatable bonds is 34. The van der Waals surface area contributed by atoms with Gasteiger partial charge in [-0.15, -0.1) is 0 Å². The summed E-state index contributed by atoms with van der Waals surface area (Å²) in [6, 6.07) is 0. The van der Waals surface area contributed by atoms with Gasteiger partial charge in [-0.25, -0.2) is 0 Å². The summed E-state index contributed by atoms with van der Waals surface area (Å²) in [5.41, 5.74) is 0. The molecule has 0 fully saturated rings. The first-order valence-corrected chi connectivity index (χ1v) is 19.7. The van der Waals surface area contributed by atoms with Gasteiger partial charge in [-0.05, 0) is 19.3 Å². The van der Waals surface area contributed by atoms with Crippen LogP contribution in [-0.2, 0) is 0 Å². The Labute approximate surface area is 272 Å². The lowest BCUT2D eigenvalue weighted by Gasteiger charge is -2.06. The number of nitrogens with zero attached hydrogens (tertiary/aromatic N) is 1. The van der Waals surface area contributed by atoms with Crippen LogP contribution in [0.3, 0.4) is 0 Å². The maximum Gasteiger partial charge on any atom is 0.244 e. The highest BCUT2D eigenvalue weighted by Gasteiger charge is 2.19. The fraction of sp³-hybridized carbons (Fsp3) is 0.974. The van der Waals surface area contributed by atoms with Crippen LogP contribution in [0.1, 0.15) is 226 Å². The van der Waals surface area contributed by atoms with E-state index in [1.54, 1.807) is 5.84 Å². The first-order chi connectivity index (χ1) is 20.4. The van der Waals surface area contributed by atoms with E-state index >= 15 is 0 Å². The van der Waals surface area contributed by atoms with Crippen molar-refractivity contribution in [2.24, 2.45) is 0 Å². The summed E-state index contributed by atoms with van der Waals surface area (Å²) in [6.07, 6.45) is 47.9. The monoisotopic (exact) mass is 611 g/mol. The maximum atomic E-state index is 3.71. The van der Waals surface area contributed by atoms with Gasteiger partial charge in [0.15, 0.2) is 0 Å². The highest BCUT2D eigenvalue weighted by Crippen LogP contribution is 2.16. The predicted molar refractivity (Wildman–Crippen MR) is 187 cm³/mol. The molecule has 1 aliphatic heterocycles. The molecular weight excluding hydrogens is 532 g/mol. The van der Waals surface area contributed by atoms with Crippen molar-refractivity contribution in [2.45, 2.75) is 226 Å². The minimum atomic E-state index is 0. The quantitative estimate of drug-likeness (QED) is 0.0566. The molecule has 0 unspecified atom stereocenters. The third-order valence-electron chi connectivity index (χ3n) is 9.64. The van der Waals surface area contributed by atoms with Crippen LogP contribution in [0.5, 0.6) is 0 Å². The van der Waals surface area contributed by atoms with E-state index in [0.29, 0.717) is 0 Å². The number of nitrogens with one attached hydrogen (secondary N) is 1. The van der Waals surface area contributed by atoms with Gasteiger partial charge in [-0.3, -0.25) is 9.89 Å². The van der Waals surface area contributed by atoms with Gasteiger partial charge in [0.2, 0.25) is 5.84 Å². The van der Waals surface area contributed by atoms with Crippen molar-refractivity contribution in [2.75, 3.05) is 19.6 Å². The molecule has 0 atom stereocenters. The van der Waals surface area contributed by atoms with Crippen LogP contribution in [-0.4, -0.2) is 30.0 Å². The van der Waals surface area contributed by atoms with Crippen molar-refractivity contribution in [1.82, 2.24) is 5.32 Å². The number of halogens is 1. The van der Waals surface area contributed by atoms with E-state index in [1.807, 2.05) is 0 Å². The Hall–Kier alpha value is -0.240. The lowest BCUT2D eigenvalue weighted by molar-refractivity contribution is -0.519. The third kappa shape index (κ3) is 28.5. The van der Waals surface area contributed by atoms with Gasteiger partial charge >= 0.3 is 0 Å². The molecule has 0 saturated carbocycles. The van der Waals surface area contributed by atoms with Crippen molar-refractivity contribution in [3.63, 3.8) is 0 Å². The van der Waals surface area contributed by atoms with E-state index in [-0.39, 0.29) is 12.4 Å². The largest absolute Gasteiger partial charge is 1.00 e. The molecule has 0 aromatic carbocycles. The average Bonchev–Trinajstić information content (AvgIpc) is 3.43. The molecule has 1 aliphatic rings. The summed E-state index contributed by atoms with van der Waals surface area (Å²) in [5, 5.41) is 3.71. The van der Waals surface area contributed by atoms with Gasteiger partial charge in [0.25, 0.3) is 0 Å². The summed E-state index contributed by atoms with van der Waals surface area (Å²) < 4.78 is 2.68. The van der Waals surface area contributed by atoms with E-state index in [4.69, 9.17) is 0 Å². The fourth-order valence-corrected chi connectivity index (χ4v) is 6.77. The smallest absolute Gasteiger partial charge is 0.244 e. The number of hydrogen-bond acceptors (Lipinski definition) is 1. The zero-order valence-electron chi connectivity index (χ0n) is 29.3. The van der Waals surface area contributed by atoms with Gasteiger partial charge in [-0.1, -0.05) is 200 Å². The van der Waals surface area contributed by atoms with Crippen LogP contribution in [0, 0.1) is 0 Å². The molecule has 0 aliphatic carbocycles. The molecule has 252 valence electrons. The minimum absolute atomic E-state index is 0. The first kappa shape index (κ1) is 41.8. The summed E-state index contributed by atoms with van der Waals surface area (Å²) in [4.78, 5) is 0. The van der Waals surface area contributed by atoms with Crippen LogP contribution < -0.4 is 17.7 Å². The minimum Gasteiger partial charge on any atom is -1.00 e. The molecule has 0 bridgehead atoms. The van der Waals surface area contributed by atoms with Crippen molar-refractivity contribution >= 4 is 5.84 Å². The van der Waals surface area contributed by atoms with Crippen LogP contribution >= 0.6 is 0 Å². The molecule has 1 N–H and O–H groups in total. The Morgan fingerprint density at radius 2 is 0.690 bits per heavy atom. The number of unbranched alkanes of at least 4 members (excludes halogenated alkanes) is 30. The van der Waals surface area contributed by atoms with Gasteiger partial charge in [0.1, 0.15) is 13.1 Å². The fourth-order valence-electron chi connectivity index (χ4n) is 6.77. The normalized spacial score (nSPS) is 13.1. The van der Waals surface area contributed by atoms with Crippen LogP contribution in [0.25, 0.3) is 0 Å². The molecule has 2 nitrogen and oxygen atoms in total. The Kier molecular flexibility index (Phi) is 35.0. The Balaban J connectivity index is 0.0000168. The van der Waals surface area contributed by atoms with E-state index in [9.17, 15) is 0 Å². The van der Waals surface area contributed by atoms with Crippen molar-refractivity contribution in [1.29, 1.82) is 0 Å². The lowest BCUT2D eigenvalue weighted by atomic mass is 10.0. The van der Waals surface area contributed by atoms with Crippen molar-refractivity contribution < 1.29 is 17.0 Å². The van der Waals surface area contributed by atoms with E-state index in [2.05, 4.69) is 23.7 Å². The van der Waals surface area contributed by atoms with E-state index in [0.717, 1.165) is 0 Å². The van der Waals surface area contributed by atoms with Crippen molar-refractivity contribution in [3.05, 3.63) is 0 Å². The molecule has 0 radical (unpaired) electrons. The van der Waals surface area contributed by atoms with Crippen LogP contribution in [0.4, 0.5) is 0 Å². The molecule has 0 spiro atoms. The van der Waals surface area contributed by atoms with E-state index < -0.39 is 0 Å². The Morgan fingerprint density at radius 3 is 1.02 bits per heavy atom. The molecular formula is C39H79ClN2. The molecule has 1 heterocycles. The Bertz CT molecular complexity index is 501. The summed E-state index contributed by atoms with van der Waals surface area (Å²) in [6.45, 7) is 8.32. The second kappa shape index (κ2) is 35.2. The van der Waals surface area contributed by atoms with Crippen LogP contribution in [0.15, 0.2) is 0 Å². The summed E-state index contributed by atoms with van der Waals surface area (Å²) in [7, 11) is 0. The molecule has 0 amide bonds. The predicted octanol–water partition coefficient (Wildman–Crippen LogP) is 9.92. The number of hydrogen-bond donors (Lipinski definition) is 1. The lowest BCUT2D eigenvalue weighted by Crippen LogP contribution is -3.00. The molecule has 42 heavy (non-hydrogen) atoms. The zero-order chi connectivity index (χ0) is 29.3. The zero-order valence-corrected chi connectivity index (χ0v) is 30.0. The molecule has 0 aromatic heterocycles. The summed E-state index contributed by atoms with van der Waals surface area (Å²) >= 11 is 0. The average molecular weight is 612 g/mol. The van der Waals surface area contributed by atoms with E-state index in [1.165, 1.54) is 232 Å². The third-order valence-corrected chi connectivity index (χ3v) is 9.64. The van der Waals surface area contributed by atoms with Gasteiger partial charge in [0.05, 0.1) is 6.54 Å². The maximum absolute atomic E-state index is 3.71. The number of amidine groups is 1. The van der Waals surface area contributed by atoms with Crippen LogP contribution in [0.2, 0.25) is 0 Å². The summed E-state index contributed by atoms with van der Waals surface area (Å²) in [5.74, 6) is 1.57. The molecule has 0 aromatic rings. The van der Waals surface area contributed by atoms with Crippen molar-refractivity contribution in [3.8, 4) is 0 Å². The standard InChI is InChI=1S/C39H78N2.ClH/c1-3-5-7-9-11-13-15-17-19-21-23-25-27-29-31-33-35-39-40-36-38-41(39)37-34-32-30-28-26-24-22-20-18-16-14-12-10-8-6-4-2;/h3-38H2,1-2H3;1H. The highest BCUT2D eigenvalue weighted by molar-refractivity contribution is 5.78. The topological polar surface area (TPSA) is 15.0 Å². The molecule has 1 rings (SSSR count).